The number of urea groups is 1. The summed E-state index contributed by atoms with van der Waals surface area (Å²) in [5, 5.41) is 14.1. The summed E-state index contributed by atoms with van der Waals surface area (Å²) in [6, 6.07) is 7.22. The van der Waals surface area contributed by atoms with Crippen LogP contribution in [0.25, 0.3) is 0 Å². The van der Waals surface area contributed by atoms with Crippen LogP contribution < -0.4 is 15.4 Å². The lowest BCUT2D eigenvalue weighted by Gasteiger charge is -2.25. The van der Waals surface area contributed by atoms with Crippen LogP contribution in [-0.2, 0) is 13.0 Å². The molecule has 2 N–H and O–H groups in total. The summed E-state index contributed by atoms with van der Waals surface area (Å²) in [5.41, 5.74) is 0.739. The molecule has 1 aliphatic rings. The van der Waals surface area contributed by atoms with Crippen molar-refractivity contribution in [3.05, 3.63) is 35.9 Å². The molecule has 2 amide bonds. The Labute approximate surface area is 135 Å². The van der Waals surface area contributed by atoms with Gasteiger partial charge < -0.3 is 19.9 Å². The highest BCUT2D eigenvalue weighted by Crippen LogP contribution is 2.17. The van der Waals surface area contributed by atoms with Gasteiger partial charge >= 0.3 is 6.03 Å². The van der Waals surface area contributed by atoms with E-state index in [1.807, 2.05) is 38.1 Å². The number of carbonyl (C=O) groups excluding carboxylic acids is 1. The van der Waals surface area contributed by atoms with Gasteiger partial charge in [0.15, 0.2) is 0 Å². The Bertz CT molecular complexity index is 680. The molecule has 0 saturated heterocycles. The third kappa shape index (κ3) is 3.61. The number of benzene rings is 1. The van der Waals surface area contributed by atoms with Crippen molar-refractivity contribution in [2.24, 2.45) is 0 Å². The zero-order chi connectivity index (χ0) is 16.2. The van der Waals surface area contributed by atoms with E-state index < -0.39 is 0 Å². The maximum Gasteiger partial charge on any atom is 0.319 e. The van der Waals surface area contributed by atoms with E-state index in [4.69, 9.17) is 4.74 Å². The molecule has 0 saturated carbocycles. The molecule has 0 spiro atoms. The van der Waals surface area contributed by atoms with E-state index in [1.165, 1.54) is 0 Å². The van der Waals surface area contributed by atoms with Crippen LogP contribution >= 0.6 is 0 Å². The summed E-state index contributed by atoms with van der Waals surface area (Å²) >= 11 is 0. The van der Waals surface area contributed by atoms with Crippen molar-refractivity contribution in [1.82, 2.24) is 20.1 Å². The van der Waals surface area contributed by atoms with E-state index in [0.29, 0.717) is 13.2 Å². The van der Waals surface area contributed by atoms with E-state index in [2.05, 4.69) is 25.4 Å². The molecule has 1 aromatic heterocycles. The molecule has 7 nitrogen and oxygen atoms in total. The Morgan fingerprint density at radius 2 is 2.13 bits per heavy atom. The molecule has 0 radical (unpaired) electrons. The Morgan fingerprint density at radius 3 is 2.87 bits per heavy atom. The summed E-state index contributed by atoms with van der Waals surface area (Å²) < 4.78 is 7.44. The fraction of sp³-hybridized carbons (Fsp3) is 0.438. The molecule has 3 rings (SSSR count). The molecule has 0 bridgehead atoms. The van der Waals surface area contributed by atoms with E-state index >= 15 is 0 Å². The average Bonchev–Trinajstić information content (AvgIpc) is 2.90. The maximum atomic E-state index is 12.1. The van der Waals surface area contributed by atoms with Crippen LogP contribution in [0, 0.1) is 6.92 Å². The van der Waals surface area contributed by atoms with Gasteiger partial charge in [-0.2, -0.15) is 0 Å². The van der Waals surface area contributed by atoms with Crippen LogP contribution in [-0.4, -0.2) is 33.4 Å². The fourth-order valence-electron chi connectivity index (χ4n) is 2.73. The number of carbonyl (C=O) groups is 1. The van der Waals surface area contributed by atoms with Crippen molar-refractivity contribution in [2.75, 3.05) is 11.9 Å². The molecule has 0 fully saturated rings. The highest BCUT2D eigenvalue weighted by Gasteiger charge is 2.22. The summed E-state index contributed by atoms with van der Waals surface area (Å²) in [7, 11) is 0. The zero-order valence-electron chi connectivity index (χ0n) is 13.4. The van der Waals surface area contributed by atoms with Gasteiger partial charge in [-0.05, 0) is 44.5 Å². The highest BCUT2D eigenvalue weighted by molar-refractivity contribution is 5.89. The predicted octanol–water partition coefficient (Wildman–Crippen LogP) is 2.12. The first-order chi connectivity index (χ1) is 11.2. The molecule has 1 aliphatic heterocycles. The Hall–Kier alpha value is -2.57. The number of fused-ring (bicyclic) bond motifs is 1. The summed E-state index contributed by atoms with van der Waals surface area (Å²) in [6.07, 6.45) is 1.70. The van der Waals surface area contributed by atoms with Crippen molar-refractivity contribution in [3.63, 3.8) is 0 Å². The first-order valence-electron chi connectivity index (χ1n) is 7.84. The number of amides is 2. The lowest BCUT2D eigenvalue weighted by atomic mass is 10.1. The molecule has 2 aromatic rings. The fourth-order valence-corrected chi connectivity index (χ4v) is 2.73. The number of nitrogens with zero attached hydrogens (tertiary/aromatic N) is 3. The Balaban J connectivity index is 1.54. The molecular weight excluding hydrogens is 294 g/mol. The molecular formula is C16H21N5O2. The van der Waals surface area contributed by atoms with Gasteiger partial charge in [-0.15, -0.1) is 10.2 Å². The predicted molar refractivity (Wildman–Crippen MR) is 86.6 cm³/mol. The molecule has 23 heavy (non-hydrogen) atoms. The van der Waals surface area contributed by atoms with E-state index in [-0.39, 0.29) is 12.1 Å². The smallest absolute Gasteiger partial charge is 0.319 e. The van der Waals surface area contributed by atoms with E-state index in [9.17, 15) is 4.79 Å². The number of rotatable bonds is 4. The van der Waals surface area contributed by atoms with Gasteiger partial charge in [0.2, 0.25) is 0 Å². The average molecular weight is 315 g/mol. The van der Waals surface area contributed by atoms with Crippen molar-refractivity contribution >= 4 is 11.7 Å². The van der Waals surface area contributed by atoms with E-state index in [1.54, 1.807) is 0 Å². The van der Waals surface area contributed by atoms with Crippen LogP contribution in [0.3, 0.4) is 0 Å². The molecule has 122 valence electrons. The minimum absolute atomic E-state index is 0.0832. The summed E-state index contributed by atoms with van der Waals surface area (Å²) in [6.45, 7) is 5.20. The molecule has 7 heteroatoms. The monoisotopic (exact) mass is 315 g/mol. The molecule has 1 unspecified atom stereocenters. The van der Waals surface area contributed by atoms with E-state index in [0.717, 1.165) is 35.9 Å². The lowest BCUT2D eigenvalue weighted by Crippen LogP contribution is -2.43. The van der Waals surface area contributed by atoms with Gasteiger partial charge in [-0.1, -0.05) is 0 Å². The minimum atomic E-state index is -0.201. The summed E-state index contributed by atoms with van der Waals surface area (Å²) in [4.78, 5) is 12.1. The van der Waals surface area contributed by atoms with Crippen molar-refractivity contribution in [2.45, 2.75) is 39.3 Å². The van der Waals surface area contributed by atoms with Crippen LogP contribution in [0.15, 0.2) is 24.3 Å². The highest BCUT2D eigenvalue weighted by atomic mass is 16.5. The Kier molecular flexibility index (Phi) is 4.45. The Morgan fingerprint density at radius 1 is 1.35 bits per heavy atom. The van der Waals surface area contributed by atoms with Gasteiger partial charge in [0.1, 0.15) is 17.4 Å². The first kappa shape index (κ1) is 15.3. The minimum Gasteiger partial charge on any atom is -0.494 e. The van der Waals surface area contributed by atoms with Crippen LogP contribution in [0.1, 0.15) is 25.0 Å². The van der Waals surface area contributed by atoms with Crippen molar-refractivity contribution in [3.8, 4) is 5.75 Å². The lowest BCUT2D eigenvalue weighted by molar-refractivity contribution is 0.244. The largest absolute Gasteiger partial charge is 0.494 e. The SMILES string of the molecule is CCOc1ccc(NC(=O)NC2CCc3nnc(C)n3C2)cc1. The molecule has 0 aliphatic carbocycles. The number of aryl methyl sites for hydroxylation is 2. The number of nitrogens with one attached hydrogen (secondary N) is 2. The first-order valence-corrected chi connectivity index (χ1v) is 7.84. The van der Waals surface area contributed by atoms with Gasteiger partial charge in [0.25, 0.3) is 0 Å². The quantitative estimate of drug-likeness (QED) is 0.905. The summed E-state index contributed by atoms with van der Waals surface area (Å²) in [5.74, 6) is 2.67. The topological polar surface area (TPSA) is 81.1 Å². The second-order valence-electron chi connectivity index (χ2n) is 5.57. The van der Waals surface area contributed by atoms with Gasteiger partial charge in [0.05, 0.1) is 6.61 Å². The van der Waals surface area contributed by atoms with Crippen molar-refractivity contribution in [1.29, 1.82) is 0 Å². The molecule has 2 heterocycles. The van der Waals surface area contributed by atoms with Gasteiger partial charge in [0, 0.05) is 24.7 Å². The van der Waals surface area contributed by atoms with Gasteiger partial charge in [-0.3, -0.25) is 0 Å². The number of ether oxygens (including phenoxy) is 1. The van der Waals surface area contributed by atoms with Crippen LogP contribution in [0.5, 0.6) is 5.75 Å². The normalized spacial score (nSPS) is 16.5. The standard InChI is InChI=1S/C16H21N5O2/c1-3-23-14-7-4-12(5-8-14)17-16(22)18-13-6-9-15-20-19-11(2)21(15)10-13/h4-5,7-8,13H,3,6,9-10H2,1-2H3,(H2,17,18,22). The van der Waals surface area contributed by atoms with Crippen molar-refractivity contribution < 1.29 is 9.53 Å². The maximum absolute atomic E-state index is 12.1. The second-order valence-corrected chi connectivity index (χ2v) is 5.57. The molecule has 1 aromatic carbocycles. The third-order valence-corrected chi connectivity index (χ3v) is 3.89. The number of hydrogen-bond acceptors (Lipinski definition) is 4. The number of anilines is 1. The third-order valence-electron chi connectivity index (χ3n) is 3.89. The van der Waals surface area contributed by atoms with Crippen LogP contribution in [0.2, 0.25) is 0 Å². The number of aromatic nitrogens is 3. The van der Waals surface area contributed by atoms with Gasteiger partial charge in [-0.25, -0.2) is 4.79 Å². The molecule has 1 atom stereocenters. The number of hydrogen-bond donors (Lipinski definition) is 2. The van der Waals surface area contributed by atoms with Crippen LogP contribution in [0.4, 0.5) is 10.5 Å². The zero-order valence-corrected chi connectivity index (χ0v) is 13.4. The second kappa shape index (κ2) is 6.68.